The molecule has 4 rings (SSSR count). The zero-order valence-corrected chi connectivity index (χ0v) is 28.6. The first kappa shape index (κ1) is 34.1. The molecule has 2 aromatic carbocycles. The molecule has 43 heavy (non-hydrogen) atoms. The van der Waals surface area contributed by atoms with Crippen LogP contribution in [0.3, 0.4) is 0 Å². The van der Waals surface area contributed by atoms with Crippen molar-refractivity contribution >= 4 is 37.5 Å². The normalized spacial score (nSPS) is 21.2. The van der Waals surface area contributed by atoms with E-state index in [1.165, 1.54) is 0 Å². The number of nitrogens with zero attached hydrogens (tertiary/aromatic N) is 5. The third kappa shape index (κ3) is 8.71. The van der Waals surface area contributed by atoms with Gasteiger partial charge in [0.05, 0.1) is 4.90 Å². The summed E-state index contributed by atoms with van der Waals surface area (Å²) in [5.74, 6) is 0.248. The summed E-state index contributed by atoms with van der Waals surface area (Å²) < 4.78 is 60.7. The molecule has 2 aliphatic rings. The average molecular weight is 654 g/mol. The van der Waals surface area contributed by atoms with Gasteiger partial charge >= 0.3 is 0 Å². The van der Waals surface area contributed by atoms with Crippen LogP contribution in [0.4, 0.5) is 5.69 Å². The second kappa shape index (κ2) is 14.6. The minimum Gasteiger partial charge on any atom is -0.378 e. The Morgan fingerprint density at radius 2 is 1.47 bits per heavy atom. The molecule has 0 aromatic heterocycles. The summed E-state index contributed by atoms with van der Waals surface area (Å²) in [5.41, 5.74) is 2.99. The van der Waals surface area contributed by atoms with Gasteiger partial charge in [0, 0.05) is 70.6 Å². The number of anilines is 1. The summed E-state index contributed by atoms with van der Waals surface area (Å²) in [4.78, 5) is 4.54. The topological polar surface area (TPSA) is 84.5 Å². The number of rotatable bonds is 7. The molecule has 0 bridgehead atoms. The third-order valence-electron chi connectivity index (χ3n) is 8.21. The molecule has 1 saturated heterocycles. The predicted octanol–water partition coefficient (Wildman–Crippen LogP) is 4.39. The molecule has 0 spiro atoms. The molecule has 0 amide bonds. The van der Waals surface area contributed by atoms with Crippen LogP contribution in [-0.2, 0) is 33.2 Å². The Labute approximate surface area is 264 Å². The molecular formula is C31H48ClN5O4S2. The SMILES string of the molecule is CC(C)CN1CCCN(S(=O)(=O)c2ccc(N(C)C)cc2)C[C@H](C)CN(S(=O)(=O)N2CCc3cc(Cl)ccc3C2)CCC1. The van der Waals surface area contributed by atoms with Gasteiger partial charge in [0.15, 0.2) is 0 Å². The Balaban J connectivity index is 1.59. The van der Waals surface area contributed by atoms with Crippen LogP contribution < -0.4 is 4.90 Å². The van der Waals surface area contributed by atoms with Crippen molar-refractivity contribution in [1.29, 1.82) is 0 Å². The number of hydrogen-bond donors (Lipinski definition) is 0. The minimum absolute atomic E-state index is 0.201. The van der Waals surface area contributed by atoms with Crippen LogP contribution in [0.15, 0.2) is 47.4 Å². The van der Waals surface area contributed by atoms with Crippen LogP contribution in [0.25, 0.3) is 0 Å². The highest BCUT2D eigenvalue weighted by molar-refractivity contribution is 7.89. The van der Waals surface area contributed by atoms with E-state index in [-0.39, 0.29) is 23.9 Å². The fourth-order valence-corrected chi connectivity index (χ4v) is 9.58. The molecule has 2 heterocycles. The number of hydrogen-bond acceptors (Lipinski definition) is 6. The molecule has 1 fully saturated rings. The first-order chi connectivity index (χ1) is 20.3. The average Bonchev–Trinajstić information content (AvgIpc) is 2.94. The van der Waals surface area contributed by atoms with Gasteiger partial charge in [0.2, 0.25) is 10.0 Å². The van der Waals surface area contributed by atoms with Crippen molar-refractivity contribution in [2.75, 3.05) is 71.4 Å². The maximum Gasteiger partial charge on any atom is 0.282 e. The van der Waals surface area contributed by atoms with Gasteiger partial charge in [-0.2, -0.15) is 21.3 Å². The quantitative estimate of drug-likeness (QED) is 0.441. The number of benzene rings is 2. The van der Waals surface area contributed by atoms with Gasteiger partial charge in [-0.25, -0.2) is 8.42 Å². The maximum atomic E-state index is 14.1. The van der Waals surface area contributed by atoms with Crippen molar-refractivity contribution in [3.05, 3.63) is 58.6 Å². The summed E-state index contributed by atoms with van der Waals surface area (Å²) in [6.45, 7) is 10.7. The van der Waals surface area contributed by atoms with Crippen molar-refractivity contribution in [1.82, 2.24) is 17.8 Å². The Morgan fingerprint density at radius 3 is 2.09 bits per heavy atom. The molecule has 12 heteroatoms. The fourth-order valence-electron chi connectivity index (χ4n) is 6.04. The van der Waals surface area contributed by atoms with Crippen LogP contribution in [0, 0.1) is 11.8 Å². The van der Waals surface area contributed by atoms with Crippen LogP contribution >= 0.6 is 11.6 Å². The van der Waals surface area contributed by atoms with Gasteiger partial charge < -0.3 is 9.80 Å². The van der Waals surface area contributed by atoms with E-state index in [1.54, 1.807) is 31.1 Å². The largest absolute Gasteiger partial charge is 0.378 e. The van der Waals surface area contributed by atoms with Gasteiger partial charge in [-0.1, -0.05) is 38.4 Å². The van der Waals surface area contributed by atoms with E-state index < -0.39 is 20.2 Å². The van der Waals surface area contributed by atoms with E-state index in [0.717, 1.165) is 42.9 Å². The Hall–Kier alpha value is -1.73. The number of halogens is 1. The molecule has 2 aromatic rings. The maximum absolute atomic E-state index is 14.1. The summed E-state index contributed by atoms with van der Waals surface area (Å²) in [6.07, 6.45) is 2.05. The number of sulfonamides is 1. The Kier molecular flexibility index (Phi) is 11.6. The van der Waals surface area contributed by atoms with Gasteiger partial charge in [-0.3, -0.25) is 0 Å². The van der Waals surface area contributed by atoms with Gasteiger partial charge in [-0.05, 0) is 91.7 Å². The molecule has 0 N–H and O–H groups in total. The standard InChI is InChI=1S/C31H48ClN5O4S2/c1-25(2)21-34-15-6-17-35(42(38,39)31-12-10-30(11-13-31)33(4)5)22-26(3)23-36(18-7-16-34)43(40,41)37-19-14-27-20-29(32)9-8-28(27)24-37/h8-13,20,25-26H,6-7,14-19,21-24H2,1-5H3/t26-/m0/s1. The molecular weight excluding hydrogens is 606 g/mol. The zero-order valence-electron chi connectivity index (χ0n) is 26.2. The van der Waals surface area contributed by atoms with Crippen molar-refractivity contribution in [2.45, 2.75) is 51.5 Å². The lowest BCUT2D eigenvalue weighted by molar-refractivity contribution is 0.204. The van der Waals surface area contributed by atoms with Crippen LogP contribution in [0.5, 0.6) is 0 Å². The second-order valence-corrected chi connectivity index (χ2v) is 16.9. The lowest BCUT2D eigenvalue weighted by Crippen LogP contribution is -2.49. The highest BCUT2D eigenvalue weighted by Gasteiger charge is 2.35. The van der Waals surface area contributed by atoms with Crippen molar-refractivity contribution < 1.29 is 16.8 Å². The van der Waals surface area contributed by atoms with Gasteiger partial charge in [-0.15, -0.1) is 0 Å². The molecule has 9 nitrogen and oxygen atoms in total. The highest BCUT2D eigenvalue weighted by Crippen LogP contribution is 2.27. The predicted molar refractivity (Wildman–Crippen MR) is 175 cm³/mol. The van der Waals surface area contributed by atoms with Gasteiger partial charge in [0.25, 0.3) is 10.2 Å². The molecule has 0 unspecified atom stereocenters. The van der Waals surface area contributed by atoms with E-state index in [1.807, 2.05) is 50.2 Å². The first-order valence-electron chi connectivity index (χ1n) is 15.3. The van der Waals surface area contributed by atoms with Crippen LogP contribution in [0.1, 0.15) is 44.7 Å². The van der Waals surface area contributed by atoms with E-state index in [2.05, 4.69) is 18.7 Å². The van der Waals surface area contributed by atoms with E-state index in [4.69, 9.17) is 11.6 Å². The Bertz CT molecular complexity index is 1430. The van der Waals surface area contributed by atoms with E-state index in [9.17, 15) is 16.8 Å². The third-order valence-corrected chi connectivity index (χ3v) is 12.3. The minimum atomic E-state index is -3.78. The van der Waals surface area contributed by atoms with Gasteiger partial charge in [0.1, 0.15) is 0 Å². The Morgan fingerprint density at radius 1 is 0.837 bits per heavy atom. The summed E-state index contributed by atoms with van der Waals surface area (Å²) in [7, 11) is -3.71. The second-order valence-electron chi connectivity index (χ2n) is 12.6. The molecule has 2 aliphatic heterocycles. The lowest BCUT2D eigenvalue weighted by Gasteiger charge is -2.36. The molecule has 0 saturated carbocycles. The van der Waals surface area contributed by atoms with Crippen LogP contribution in [-0.4, -0.2) is 101 Å². The fraction of sp³-hybridized carbons (Fsp3) is 0.613. The van der Waals surface area contributed by atoms with Crippen molar-refractivity contribution in [3.63, 3.8) is 0 Å². The number of fused-ring (bicyclic) bond motifs is 1. The lowest BCUT2D eigenvalue weighted by atomic mass is 10.0. The molecule has 240 valence electrons. The molecule has 1 atom stereocenters. The summed E-state index contributed by atoms with van der Waals surface area (Å²) in [6, 6.07) is 12.6. The smallest absolute Gasteiger partial charge is 0.282 e. The van der Waals surface area contributed by atoms with Crippen LogP contribution in [0.2, 0.25) is 5.02 Å². The van der Waals surface area contributed by atoms with E-state index in [0.29, 0.717) is 50.0 Å². The molecule has 0 radical (unpaired) electrons. The van der Waals surface area contributed by atoms with Crippen molar-refractivity contribution in [3.8, 4) is 0 Å². The molecule has 0 aliphatic carbocycles. The summed E-state index contributed by atoms with van der Waals surface area (Å²) >= 11 is 6.18. The van der Waals surface area contributed by atoms with E-state index >= 15 is 0 Å². The first-order valence-corrected chi connectivity index (χ1v) is 18.5. The van der Waals surface area contributed by atoms with Crippen molar-refractivity contribution in [2.24, 2.45) is 11.8 Å². The zero-order chi connectivity index (χ0) is 31.4. The highest BCUT2D eigenvalue weighted by atomic mass is 35.5. The monoisotopic (exact) mass is 653 g/mol. The summed E-state index contributed by atoms with van der Waals surface area (Å²) in [5, 5.41) is 0.658.